The van der Waals surface area contributed by atoms with E-state index in [9.17, 15) is 23.3 Å². The van der Waals surface area contributed by atoms with Crippen molar-refractivity contribution >= 4 is 28.7 Å². The van der Waals surface area contributed by atoms with E-state index in [0.717, 1.165) is 12.1 Å². The Labute approximate surface area is 158 Å². The predicted octanol–water partition coefficient (Wildman–Crippen LogP) is 5.70. The molecule has 2 aromatic rings. The summed E-state index contributed by atoms with van der Waals surface area (Å²) in [5.74, 6) is -0.334. The summed E-state index contributed by atoms with van der Waals surface area (Å²) in [6.45, 7) is 3.44. The summed E-state index contributed by atoms with van der Waals surface area (Å²) in [7, 11) is 1.51. The third-order valence-corrected chi connectivity index (χ3v) is 3.68. The monoisotopic (exact) mass is 404 g/mol. The van der Waals surface area contributed by atoms with Crippen LogP contribution >= 0.6 is 11.6 Å². The maximum atomic E-state index is 12.6. The van der Waals surface area contributed by atoms with Crippen LogP contribution in [0.15, 0.2) is 36.4 Å². The molecule has 2 aromatic carbocycles. The number of rotatable bonds is 6. The third kappa shape index (κ3) is 5.65. The Bertz CT molecular complexity index is 843. The van der Waals surface area contributed by atoms with Gasteiger partial charge in [0.05, 0.1) is 21.7 Å². The fourth-order valence-corrected chi connectivity index (χ4v) is 2.54. The molecule has 0 spiro atoms. The number of ether oxygens (including phenoxy) is 2. The van der Waals surface area contributed by atoms with Crippen molar-refractivity contribution in [3.63, 3.8) is 0 Å². The van der Waals surface area contributed by atoms with Crippen LogP contribution in [0.2, 0.25) is 5.02 Å². The van der Waals surface area contributed by atoms with Gasteiger partial charge in [-0.3, -0.25) is 10.1 Å². The van der Waals surface area contributed by atoms with Crippen LogP contribution in [-0.2, 0) is 0 Å². The quantitative estimate of drug-likeness (QED) is 0.456. The number of hydrogen-bond donors (Lipinski definition) is 0. The average molecular weight is 405 g/mol. The van der Waals surface area contributed by atoms with E-state index < -0.39 is 17.0 Å². The molecule has 0 atom stereocenters. The Morgan fingerprint density at radius 3 is 2.33 bits per heavy atom. The molecule has 0 amide bonds. The number of benzene rings is 2. The van der Waals surface area contributed by atoms with Crippen LogP contribution in [0.4, 0.5) is 30.2 Å². The SMILES string of the molecule is CC(C)Oc1cc(OC(F)(F)F)cc(N(C)c2cc([N+](=O)[O-])ccc2Cl)c1. The fourth-order valence-electron chi connectivity index (χ4n) is 2.29. The summed E-state index contributed by atoms with van der Waals surface area (Å²) in [6, 6.07) is 7.53. The third-order valence-electron chi connectivity index (χ3n) is 3.36. The molecule has 6 nitrogen and oxygen atoms in total. The van der Waals surface area contributed by atoms with Gasteiger partial charge in [-0.05, 0) is 19.9 Å². The molecule has 27 heavy (non-hydrogen) atoms. The maximum Gasteiger partial charge on any atom is 0.573 e. The number of nitrogens with zero attached hydrogens (tertiary/aromatic N) is 2. The van der Waals surface area contributed by atoms with E-state index in [1.165, 1.54) is 36.2 Å². The smallest absolute Gasteiger partial charge is 0.491 e. The Morgan fingerprint density at radius 1 is 1.15 bits per heavy atom. The number of halogens is 4. The van der Waals surface area contributed by atoms with Gasteiger partial charge in [-0.15, -0.1) is 13.2 Å². The first kappa shape index (κ1) is 20.6. The average Bonchev–Trinajstić information content (AvgIpc) is 2.51. The predicted molar refractivity (Wildman–Crippen MR) is 95.1 cm³/mol. The van der Waals surface area contributed by atoms with Gasteiger partial charge in [0.25, 0.3) is 5.69 Å². The lowest BCUT2D eigenvalue weighted by Crippen LogP contribution is -2.18. The molecule has 0 radical (unpaired) electrons. The minimum Gasteiger partial charge on any atom is -0.491 e. The second-order valence-electron chi connectivity index (χ2n) is 5.83. The standard InChI is InChI=1S/C17H16ClF3N2O4/c1-10(2)26-13-6-12(7-14(9-13)27-17(19,20)21)22(3)16-8-11(23(24)25)4-5-15(16)18/h4-10H,1-3H3. The van der Waals surface area contributed by atoms with Crippen molar-refractivity contribution in [3.05, 3.63) is 51.5 Å². The van der Waals surface area contributed by atoms with Crippen molar-refractivity contribution in [2.45, 2.75) is 26.3 Å². The zero-order chi connectivity index (χ0) is 20.4. The van der Waals surface area contributed by atoms with Gasteiger partial charge >= 0.3 is 6.36 Å². The van der Waals surface area contributed by atoms with Crippen molar-refractivity contribution in [3.8, 4) is 11.5 Å². The summed E-state index contributed by atoms with van der Waals surface area (Å²) in [6.07, 6.45) is -5.17. The first-order valence-corrected chi connectivity index (χ1v) is 8.09. The maximum absolute atomic E-state index is 12.6. The molecule has 0 aliphatic rings. The van der Waals surface area contributed by atoms with Gasteiger partial charge in [-0.25, -0.2) is 0 Å². The number of nitro benzene ring substituents is 1. The summed E-state index contributed by atoms with van der Waals surface area (Å²) in [4.78, 5) is 11.8. The minimum atomic E-state index is -4.88. The number of hydrogen-bond acceptors (Lipinski definition) is 5. The summed E-state index contributed by atoms with van der Waals surface area (Å²) < 4.78 is 47.3. The van der Waals surface area contributed by atoms with Gasteiger partial charge in [-0.2, -0.15) is 0 Å². The van der Waals surface area contributed by atoms with Gasteiger partial charge in [0, 0.05) is 43.1 Å². The van der Waals surface area contributed by atoms with E-state index in [1.807, 2.05) is 0 Å². The normalized spacial score (nSPS) is 11.4. The Kier molecular flexibility index (Phi) is 6.04. The molecular formula is C17H16ClF3N2O4. The van der Waals surface area contributed by atoms with Crippen molar-refractivity contribution in [2.75, 3.05) is 11.9 Å². The molecule has 0 bridgehead atoms. The summed E-state index contributed by atoms with van der Waals surface area (Å²) in [5, 5.41) is 11.2. The zero-order valence-corrected chi connectivity index (χ0v) is 15.3. The van der Waals surface area contributed by atoms with Crippen molar-refractivity contribution in [1.29, 1.82) is 0 Å². The second-order valence-corrected chi connectivity index (χ2v) is 6.24. The molecule has 2 rings (SSSR count). The van der Waals surface area contributed by atoms with Gasteiger partial charge in [0.1, 0.15) is 11.5 Å². The van der Waals surface area contributed by atoms with Crippen molar-refractivity contribution < 1.29 is 27.6 Å². The highest BCUT2D eigenvalue weighted by molar-refractivity contribution is 6.33. The lowest BCUT2D eigenvalue weighted by molar-refractivity contribution is -0.384. The molecule has 0 aromatic heterocycles. The topological polar surface area (TPSA) is 64.8 Å². The molecule has 0 N–H and O–H groups in total. The van der Waals surface area contributed by atoms with E-state index >= 15 is 0 Å². The van der Waals surface area contributed by atoms with Crippen LogP contribution in [0.25, 0.3) is 0 Å². The Morgan fingerprint density at radius 2 is 1.78 bits per heavy atom. The first-order chi connectivity index (χ1) is 12.5. The van der Waals surface area contributed by atoms with Crippen LogP contribution in [0.1, 0.15) is 13.8 Å². The number of alkyl halides is 3. The van der Waals surface area contributed by atoms with Gasteiger partial charge in [0.15, 0.2) is 0 Å². The van der Waals surface area contributed by atoms with Crippen LogP contribution < -0.4 is 14.4 Å². The first-order valence-electron chi connectivity index (χ1n) is 7.71. The van der Waals surface area contributed by atoms with Crippen molar-refractivity contribution in [1.82, 2.24) is 0 Å². The van der Waals surface area contributed by atoms with Crippen molar-refractivity contribution in [2.24, 2.45) is 0 Å². The van der Waals surface area contributed by atoms with E-state index in [-0.39, 0.29) is 33.9 Å². The number of anilines is 2. The molecule has 146 valence electrons. The highest BCUT2D eigenvalue weighted by atomic mass is 35.5. The highest BCUT2D eigenvalue weighted by Gasteiger charge is 2.31. The minimum absolute atomic E-state index is 0.148. The van der Waals surface area contributed by atoms with Crippen LogP contribution in [0.5, 0.6) is 11.5 Å². The summed E-state index contributed by atoms with van der Waals surface area (Å²) in [5.41, 5.74) is 0.280. The lowest BCUT2D eigenvalue weighted by Gasteiger charge is -2.23. The van der Waals surface area contributed by atoms with E-state index in [2.05, 4.69) is 4.74 Å². The molecular weight excluding hydrogens is 389 g/mol. The summed E-state index contributed by atoms with van der Waals surface area (Å²) >= 11 is 6.11. The van der Waals surface area contributed by atoms with E-state index in [0.29, 0.717) is 0 Å². The molecule has 0 saturated heterocycles. The molecule has 10 heteroatoms. The van der Waals surface area contributed by atoms with Crippen LogP contribution in [-0.4, -0.2) is 24.4 Å². The number of non-ortho nitro benzene ring substituents is 1. The Balaban J connectivity index is 2.50. The largest absolute Gasteiger partial charge is 0.573 e. The lowest BCUT2D eigenvalue weighted by atomic mass is 10.2. The molecule has 0 saturated carbocycles. The zero-order valence-electron chi connectivity index (χ0n) is 14.6. The highest BCUT2D eigenvalue weighted by Crippen LogP contribution is 2.38. The molecule has 0 aliphatic heterocycles. The van der Waals surface area contributed by atoms with Gasteiger partial charge < -0.3 is 14.4 Å². The van der Waals surface area contributed by atoms with Gasteiger partial charge in [-0.1, -0.05) is 11.6 Å². The van der Waals surface area contributed by atoms with E-state index in [1.54, 1.807) is 13.8 Å². The van der Waals surface area contributed by atoms with Crippen LogP contribution in [0, 0.1) is 10.1 Å². The molecule has 0 heterocycles. The van der Waals surface area contributed by atoms with Gasteiger partial charge in [0.2, 0.25) is 0 Å². The number of nitro groups is 1. The molecule has 0 fully saturated rings. The molecule has 0 aliphatic carbocycles. The van der Waals surface area contributed by atoms with E-state index in [4.69, 9.17) is 16.3 Å². The second kappa shape index (κ2) is 7.91. The van der Waals surface area contributed by atoms with Crippen LogP contribution in [0.3, 0.4) is 0 Å². The Hall–Kier alpha value is -2.68. The molecule has 0 unspecified atom stereocenters. The fraction of sp³-hybridized carbons (Fsp3) is 0.294.